The summed E-state index contributed by atoms with van der Waals surface area (Å²) >= 11 is 6.13. The van der Waals surface area contributed by atoms with Gasteiger partial charge < -0.3 is 30.6 Å². The summed E-state index contributed by atoms with van der Waals surface area (Å²) in [7, 11) is 0. The molecule has 0 radical (unpaired) electrons. The van der Waals surface area contributed by atoms with Crippen LogP contribution in [0.15, 0.2) is 48.2 Å². The second-order valence-electron chi connectivity index (χ2n) is 7.23. The molecule has 2 aromatic carbocycles. The van der Waals surface area contributed by atoms with Crippen molar-refractivity contribution in [3.05, 3.63) is 75.5 Å². The van der Waals surface area contributed by atoms with Crippen molar-refractivity contribution in [2.24, 2.45) is 0 Å². The van der Waals surface area contributed by atoms with Crippen LogP contribution in [-0.4, -0.2) is 61.7 Å². The van der Waals surface area contributed by atoms with Crippen molar-refractivity contribution in [3.8, 4) is 0 Å². The highest BCUT2D eigenvalue weighted by molar-refractivity contribution is 6.30. The zero-order chi connectivity index (χ0) is 21.3. The van der Waals surface area contributed by atoms with E-state index in [-0.39, 0.29) is 5.92 Å². The van der Waals surface area contributed by atoms with Crippen LogP contribution in [0.25, 0.3) is 5.57 Å². The lowest BCUT2D eigenvalue weighted by atomic mass is 9.68. The topological polar surface area (TPSA) is 121 Å². The van der Waals surface area contributed by atoms with Gasteiger partial charge in [0.25, 0.3) is 0 Å². The molecule has 2 aromatic rings. The highest BCUT2D eigenvalue weighted by Crippen LogP contribution is 2.52. The van der Waals surface area contributed by atoms with Gasteiger partial charge >= 0.3 is 0 Å². The van der Waals surface area contributed by atoms with Gasteiger partial charge in [-0.3, -0.25) is 0 Å². The molecule has 5 atom stereocenters. The minimum Gasteiger partial charge on any atom is -0.509 e. The van der Waals surface area contributed by atoms with Crippen LogP contribution < -0.4 is 0 Å². The molecule has 156 valence electrons. The molecule has 0 aliphatic heterocycles. The lowest BCUT2D eigenvalue weighted by Gasteiger charge is -2.37. The summed E-state index contributed by atoms with van der Waals surface area (Å²) in [5.74, 6) is -0.863. The molecular formula is C22H25ClO6. The van der Waals surface area contributed by atoms with E-state index in [1.165, 1.54) is 0 Å². The Labute approximate surface area is 174 Å². The molecule has 1 aliphatic rings. The average Bonchev–Trinajstić information content (AvgIpc) is 2.73. The van der Waals surface area contributed by atoms with Crippen LogP contribution in [0.4, 0.5) is 0 Å². The van der Waals surface area contributed by atoms with Crippen molar-refractivity contribution < 1.29 is 30.6 Å². The average molecular weight is 421 g/mol. The molecule has 7 heteroatoms. The van der Waals surface area contributed by atoms with Gasteiger partial charge in [0, 0.05) is 16.5 Å². The van der Waals surface area contributed by atoms with Gasteiger partial charge in [-0.15, -0.1) is 0 Å². The molecule has 0 heterocycles. The predicted octanol–water partition coefficient (Wildman–Crippen LogP) is 1.75. The predicted molar refractivity (Wildman–Crippen MR) is 110 cm³/mol. The Balaban J connectivity index is 2.02. The number of halogens is 1. The number of fused-ring (bicyclic) bond motifs is 1. The highest BCUT2D eigenvalue weighted by atomic mass is 35.5. The zero-order valence-corrected chi connectivity index (χ0v) is 16.7. The molecule has 0 saturated carbocycles. The summed E-state index contributed by atoms with van der Waals surface area (Å²) in [6.45, 7) is 1.25. The monoisotopic (exact) mass is 420 g/mol. The third kappa shape index (κ3) is 4.05. The highest BCUT2D eigenvalue weighted by Gasteiger charge is 2.40. The number of hydrogen-bond acceptors (Lipinski definition) is 6. The Bertz CT molecular complexity index is 895. The quantitative estimate of drug-likeness (QED) is 0.379. The van der Waals surface area contributed by atoms with Crippen LogP contribution in [0.5, 0.6) is 0 Å². The fourth-order valence-electron chi connectivity index (χ4n) is 3.67. The van der Waals surface area contributed by atoms with Gasteiger partial charge in [-0.05, 0) is 40.8 Å². The van der Waals surface area contributed by atoms with Crippen molar-refractivity contribution in [2.45, 2.75) is 43.7 Å². The molecule has 29 heavy (non-hydrogen) atoms. The molecule has 6 N–H and O–H groups in total. The SMILES string of the molecule is CCc1ccc(C2C(=C(O)[C@H](O)[C@@H](O)[C@H](O)[C@H](O)CO)c3ccc(Cl)cc32)cc1. The first-order valence-electron chi connectivity index (χ1n) is 9.44. The molecule has 1 aliphatic carbocycles. The minimum absolute atomic E-state index is 0.364. The Morgan fingerprint density at radius 1 is 1.00 bits per heavy atom. The lowest BCUT2D eigenvalue weighted by molar-refractivity contribution is -0.112. The zero-order valence-electron chi connectivity index (χ0n) is 15.9. The third-order valence-corrected chi connectivity index (χ3v) is 5.67. The van der Waals surface area contributed by atoms with Gasteiger partial charge in [0.2, 0.25) is 0 Å². The van der Waals surface area contributed by atoms with Gasteiger partial charge in [-0.2, -0.15) is 0 Å². The van der Waals surface area contributed by atoms with E-state index in [1.807, 2.05) is 24.3 Å². The van der Waals surface area contributed by atoms with Crippen LogP contribution in [0, 0.1) is 0 Å². The molecule has 3 rings (SSSR count). The number of hydrogen-bond donors (Lipinski definition) is 6. The van der Waals surface area contributed by atoms with Crippen molar-refractivity contribution >= 4 is 17.2 Å². The molecule has 0 spiro atoms. The Morgan fingerprint density at radius 3 is 2.24 bits per heavy atom. The largest absolute Gasteiger partial charge is 0.509 e. The second kappa shape index (κ2) is 8.83. The smallest absolute Gasteiger partial charge is 0.139 e. The number of aryl methyl sites for hydroxylation is 1. The summed E-state index contributed by atoms with van der Waals surface area (Å²) in [5.41, 5.74) is 4.01. The summed E-state index contributed by atoms with van der Waals surface area (Å²) in [4.78, 5) is 0. The van der Waals surface area contributed by atoms with Gasteiger partial charge in [-0.1, -0.05) is 48.9 Å². The van der Waals surface area contributed by atoms with Crippen LogP contribution in [0.1, 0.15) is 35.1 Å². The standard InChI is InChI=1S/C22H25ClO6/c1-2-11-3-5-12(6-4-11)17-15-9-13(23)7-8-14(15)18(17)20(27)22(29)21(28)19(26)16(25)10-24/h3-9,16-17,19,21-22,24-29H,2,10H2,1H3/t16-,17?,19-,21+,22+/m1/s1. The first kappa shape index (κ1) is 21.8. The van der Waals surface area contributed by atoms with E-state index in [0.717, 1.165) is 23.1 Å². The Morgan fingerprint density at radius 2 is 1.66 bits per heavy atom. The minimum atomic E-state index is -1.89. The molecule has 0 saturated heterocycles. The van der Waals surface area contributed by atoms with Crippen molar-refractivity contribution in [1.29, 1.82) is 0 Å². The molecule has 6 nitrogen and oxygen atoms in total. The van der Waals surface area contributed by atoms with Gasteiger partial charge in [0.05, 0.1) is 6.61 Å². The van der Waals surface area contributed by atoms with Crippen LogP contribution in [0.2, 0.25) is 5.02 Å². The van der Waals surface area contributed by atoms with Gasteiger partial charge in [-0.25, -0.2) is 0 Å². The van der Waals surface area contributed by atoms with Crippen LogP contribution >= 0.6 is 11.6 Å². The summed E-state index contributed by atoms with van der Waals surface area (Å²) < 4.78 is 0. The molecular weight excluding hydrogens is 396 g/mol. The van der Waals surface area contributed by atoms with E-state index in [9.17, 15) is 25.5 Å². The first-order valence-corrected chi connectivity index (χ1v) is 9.82. The first-order chi connectivity index (χ1) is 13.8. The number of allylic oxidation sites excluding steroid dienone is 1. The lowest BCUT2D eigenvalue weighted by Crippen LogP contribution is -2.47. The van der Waals surface area contributed by atoms with Gasteiger partial charge in [0.15, 0.2) is 0 Å². The van der Waals surface area contributed by atoms with E-state index in [1.54, 1.807) is 18.2 Å². The number of benzene rings is 2. The maximum absolute atomic E-state index is 10.7. The Kier molecular flexibility index (Phi) is 6.63. The summed E-state index contributed by atoms with van der Waals surface area (Å²) in [5, 5.41) is 60.2. The number of aliphatic hydroxyl groups excluding tert-OH is 6. The van der Waals surface area contributed by atoms with E-state index in [0.29, 0.717) is 16.2 Å². The third-order valence-electron chi connectivity index (χ3n) is 5.44. The van der Waals surface area contributed by atoms with Crippen LogP contribution in [-0.2, 0) is 6.42 Å². The fourth-order valence-corrected chi connectivity index (χ4v) is 3.85. The normalized spacial score (nSPS) is 21.6. The van der Waals surface area contributed by atoms with Crippen molar-refractivity contribution in [2.75, 3.05) is 6.61 Å². The Hall–Kier alpha value is -1.93. The molecule has 0 bridgehead atoms. The maximum Gasteiger partial charge on any atom is 0.139 e. The van der Waals surface area contributed by atoms with Crippen molar-refractivity contribution in [1.82, 2.24) is 0 Å². The van der Waals surface area contributed by atoms with E-state index >= 15 is 0 Å². The molecule has 1 unspecified atom stereocenters. The van der Waals surface area contributed by atoms with E-state index < -0.39 is 36.8 Å². The van der Waals surface area contributed by atoms with E-state index in [2.05, 4.69) is 6.92 Å². The van der Waals surface area contributed by atoms with Crippen molar-refractivity contribution in [3.63, 3.8) is 0 Å². The summed E-state index contributed by atoms with van der Waals surface area (Å²) in [6, 6.07) is 13.0. The molecule has 0 amide bonds. The summed E-state index contributed by atoms with van der Waals surface area (Å²) in [6.07, 6.45) is -6.32. The van der Waals surface area contributed by atoms with E-state index in [4.69, 9.17) is 16.7 Å². The fraction of sp³-hybridized carbons (Fsp3) is 0.364. The maximum atomic E-state index is 10.7. The number of rotatable bonds is 7. The van der Waals surface area contributed by atoms with Gasteiger partial charge in [0.1, 0.15) is 30.2 Å². The second-order valence-corrected chi connectivity index (χ2v) is 7.67. The molecule has 0 aromatic heterocycles. The van der Waals surface area contributed by atoms with Crippen LogP contribution in [0.3, 0.4) is 0 Å². The number of aliphatic hydroxyl groups is 6. The molecule has 0 fully saturated rings.